The molecule has 6 unspecified atom stereocenters. The van der Waals surface area contributed by atoms with Gasteiger partial charge in [-0.1, -0.05) is 6.58 Å². The Morgan fingerprint density at radius 2 is 1.81 bits per heavy atom. The highest BCUT2D eigenvalue weighted by molar-refractivity contribution is 5.89. The minimum atomic E-state index is -0.966. The predicted octanol–water partition coefficient (Wildman–Crippen LogP) is 0.298. The van der Waals surface area contributed by atoms with Crippen molar-refractivity contribution in [3.8, 4) is 0 Å². The molecule has 27 heavy (non-hydrogen) atoms. The van der Waals surface area contributed by atoms with E-state index in [0.717, 1.165) is 0 Å². The Morgan fingerprint density at radius 3 is 2.41 bits per heavy atom. The van der Waals surface area contributed by atoms with Gasteiger partial charge in [0.15, 0.2) is 18.8 Å². The molecule has 0 radical (unpaired) electrons. The SMILES string of the molecule is C=C(C)C(=O)OCC(=O)OC1C2OC(=O)C3C2OC1C3C(=O)OC(C)(C)C. The normalized spacial score (nSPS) is 33.4. The molecule has 2 bridgehead atoms. The van der Waals surface area contributed by atoms with Crippen molar-refractivity contribution in [3.63, 3.8) is 0 Å². The third kappa shape index (κ3) is 3.55. The zero-order valence-electron chi connectivity index (χ0n) is 15.6. The first kappa shape index (κ1) is 19.3. The van der Waals surface area contributed by atoms with Gasteiger partial charge in [0.1, 0.15) is 29.6 Å². The maximum Gasteiger partial charge on any atom is 0.344 e. The minimum absolute atomic E-state index is 0.142. The third-order valence-corrected chi connectivity index (χ3v) is 4.52. The number of hydrogen-bond donors (Lipinski definition) is 0. The quantitative estimate of drug-likeness (QED) is 0.376. The van der Waals surface area contributed by atoms with Crippen molar-refractivity contribution >= 4 is 23.9 Å². The monoisotopic (exact) mass is 382 g/mol. The Kier molecular flexibility index (Phi) is 4.75. The topological polar surface area (TPSA) is 114 Å². The molecule has 0 N–H and O–H groups in total. The first-order chi connectivity index (χ1) is 12.5. The molecule has 9 heteroatoms. The lowest BCUT2D eigenvalue weighted by Crippen LogP contribution is -2.49. The van der Waals surface area contributed by atoms with Crippen molar-refractivity contribution in [1.82, 2.24) is 0 Å². The van der Waals surface area contributed by atoms with E-state index in [0.29, 0.717) is 0 Å². The highest BCUT2D eigenvalue weighted by atomic mass is 16.7. The number of carbonyl (C=O) groups excluding carboxylic acids is 4. The van der Waals surface area contributed by atoms with Gasteiger partial charge in [-0.3, -0.25) is 9.59 Å². The average molecular weight is 382 g/mol. The highest BCUT2D eigenvalue weighted by Gasteiger charge is 2.72. The van der Waals surface area contributed by atoms with Crippen LogP contribution in [-0.2, 0) is 42.9 Å². The Labute approximate surface area is 155 Å². The van der Waals surface area contributed by atoms with Crippen LogP contribution < -0.4 is 0 Å². The number of esters is 4. The van der Waals surface area contributed by atoms with Crippen LogP contribution in [0.25, 0.3) is 0 Å². The van der Waals surface area contributed by atoms with Gasteiger partial charge in [-0.15, -0.1) is 0 Å². The lowest BCUT2D eigenvalue weighted by molar-refractivity contribution is -0.172. The maximum absolute atomic E-state index is 12.6. The van der Waals surface area contributed by atoms with Crippen LogP contribution in [0, 0.1) is 11.8 Å². The van der Waals surface area contributed by atoms with E-state index >= 15 is 0 Å². The molecule has 3 aliphatic heterocycles. The van der Waals surface area contributed by atoms with E-state index in [4.69, 9.17) is 23.7 Å². The number of hydrogen-bond acceptors (Lipinski definition) is 9. The predicted molar refractivity (Wildman–Crippen MR) is 87.0 cm³/mol. The summed E-state index contributed by atoms with van der Waals surface area (Å²) < 4.78 is 26.4. The lowest BCUT2D eigenvalue weighted by atomic mass is 9.78. The number of fused-ring (bicyclic) bond motifs is 1. The second-order valence-corrected chi connectivity index (χ2v) is 7.86. The van der Waals surface area contributed by atoms with Gasteiger partial charge in [0, 0.05) is 5.57 Å². The van der Waals surface area contributed by atoms with Gasteiger partial charge in [0.05, 0.1) is 0 Å². The molecule has 6 atom stereocenters. The fourth-order valence-electron chi connectivity index (χ4n) is 3.54. The van der Waals surface area contributed by atoms with Crippen LogP contribution in [-0.4, -0.2) is 60.5 Å². The average Bonchev–Trinajstić information content (AvgIpc) is 3.14. The Morgan fingerprint density at radius 1 is 1.15 bits per heavy atom. The van der Waals surface area contributed by atoms with Crippen LogP contribution in [0.15, 0.2) is 12.2 Å². The molecule has 0 aromatic carbocycles. The van der Waals surface area contributed by atoms with E-state index in [2.05, 4.69) is 6.58 Å². The van der Waals surface area contributed by atoms with Crippen LogP contribution in [0.3, 0.4) is 0 Å². The van der Waals surface area contributed by atoms with Crippen LogP contribution in [0.2, 0.25) is 0 Å². The summed E-state index contributed by atoms with van der Waals surface area (Å²) in [4.78, 5) is 48.1. The standard InChI is InChI=1S/C18H22O9/c1-7(2)15(20)23-6-8(19)24-13-12-10(17(22)27-18(3,4)5)9-11(25-12)14(13)26-16(9)21/h9-14H,1,6H2,2-5H3. The van der Waals surface area contributed by atoms with Crippen molar-refractivity contribution in [1.29, 1.82) is 0 Å². The molecule has 0 aliphatic carbocycles. The summed E-state index contributed by atoms with van der Waals surface area (Å²) in [5.74, 6) is -4.44. The van der Waals surface area contributed by atoms with Gasteiger partial charge in [-0.2, -0.15) is 0 Å². The van der Waals surface area contributed by atoms with Gasteiger partial charge in [-0.05, 0) is 27.7 Å². The third-order valence-electron chi connectivity index (χ3n) is 4.52. The molecule has 0 aromatic rings. The molecular weight excluding hydrogens is 360 g/mol. The van der Waals surface area contributed by atoms with Crippen molar-refractivity contribution in [3.05, 3.63) is 12.2 Å². The molecule has 0 spiro atoms. The zero-order chi connectivity index (χ0) is 20.1. The summed E-state index contributed by atoms with van der Waals surface area (Å²) in [6, 6.07) is 0. The van der Waals surface area contributed by atoms with E-state index in [1.165, 1.54) is 6.92 Å². The van der Waals surface area contributed by atoms with E-state index in [9.17, 15) is 19.2 Å². The Balaban J connectivity index is 1.70. The summed E-state index contributed by atoms with van der Waals surface area (Å²) in [5.41, 5.74) is -0.604. The molecule has 148 valence electrons. The number of carbonyl (C=O) groups is 4. The molecule has 0 saturated carbocycles. The number of ether oxygens (including phenoxy) is 5. The van der Waals surface area contributed by atoms with E-state index in [1.54, 1.807) is 20.8 Å². The Hall–Kier alpha value is -2.42. The van der Waals surface area contributed by atoms with Gasteiger partial charge >= 0.3 is 23.9 Å². The number of rotatable bonds is 5. The van der Waals surface area contributed by atoms with E-state index in [-0.39, 0.29) is 5.57 Å². The fraction of sp³-hybridized carbons (Fsp3) is 0.667. The van der Waals surface area contributed by atoms with Crippen LogP contribution in [0.5, 0.6) is 0 Å². The molecule has 9 nitrogen and oxygen atoms in total. The Bertz CT molecular complexity index is 704. The van der Waals surface area contributed by atoms with Crippen molar-refractivity contribution in [2.24, 2.45) is 11.8 Å². The van der Waals surface area contributed by atoms with Crippen molar-refractivity contribution < 1.29 is 42.9 Å². The summed E-state index contributed by atoms with van der Waals surface area (Å²) in [5, 5.41) is 0. The van der Waals surface area contributed by atoms with Crippen molar-refractivity contribution in [2.75, 3.05) is 6.61 Å². The van der Waals surface area contributed by atoms with E-state index < -0.39 is 72.3 Å². The van der Waals surface area contributed by atoms with E-state index in [1.807, 2.05) is 0 Å². The largest absolute Gasteiger partial charge is 0.460 e. The molecule has 3 fully saturated rings. The van der Waals surface area contributed by atoms with Crippen molar-refractivity contribution in [2.45, 2.75) is 57.7 Å². The second kappa shape index (κ2) is 6.63. The minimum Gasteiger partial charge on any atom is -0.460 e. The molecular formula is C18H22O9. The van der Waals surface area contributed by atoms with Gasteiger partial charge in [0.2, 0.25) is 0 Å². The zero-order valence-corrected chi connectivity index (χ0v) is 15.6. The molecule has 0 aromatic heterocycles. The molecule has 3 rings (SSSR count). The lowest BCUT2D eigenvalue weighted by Gasteiger charge is -2.29. The first-order valence-corrected chi connectivity index (χ1v) is 8.60. The molecule has 3 heterocycles. The molecule has 0 amide bonds. The van der Waals surface area contributed by atoms with Gasteiger partial charge in [0.25, 0.3) is 0 Å². The van der Waals surface area contributed by atoms with Gasteiger partial charge < -0.3 is 23.7 Å². The first-order valence-electron chi connectivity index (χ1n) is 8.60. The van der Waals surface area contributed by atoms with Crippen LogP contribution >= 0.6 is 0 Å². The molecule has 3 aliphatic rings. The summed E-state index contributed by atoms with van der Waals surface area (Å²) in [7, 11) is 0. The van der Waals surface area contributed by atoms with Gasteiger partial charge in [-0.25, -0.2) is 9.59 Å². The summed E-state index contributed by atoms with van der Waals surface area (Å²) >= 11 is 0. The molecule has 3 saturated heterocycles. The fourth-order valence-corrected chi connectivity index (χ4v) is 3.54. The van der Waals surface area contributed by atoms with Crippen LogP contribution in [0.4, 0.5) is 0 Å². The maximum atomic E-state index is 12.6. The second-order valence-electron chi connectivity index (χ2n) is 7.86. The summed E-state index contributed by atoms with van der Waals surface area (Å²) in [6.45, 7) is 9.36. The summed E-state index contributed by atoms with van der Waals surface area (Å²) in [6.07, 6.45) is -3.28. The highest BCUT2D eigenvalue weighted by Crippen LogP contribution is 2.51. The van der Waals surface area contributed by atoms with Crippen LogP contribution in [0.1, 0.15) is 27.7 Å². The smallest absolute Gasteiger partial charge is 0.344 e.